The lowest BCUT2D eigenvalue weighted by atomic mass is 9.77. The third kappa shape index (κ3) is 3.39. The molecule has 0 aromatic heterocycles. The molecule has 2 fully saturated rings. The highest BCUT2D eigenvalue weighted by Gasteiger charge is 2.45. The average Bonchev–Trinajstić information content (AvgIpc) is 2.48. The Balaban J connectivity index is 1.93. The SMILES string of the molecule is CC(C)(C)OC(=O)NC1[C@@H]2CC[C@H]1CC(C(=O)O)C2. The molecule has 2 bridgehead atoms. The van der Waals surface area contributed by atoms with Crippen LogP contribution in [0.15, 0.2) is 0 Å². The van der Waals surface area contributed by atoms with Gasteiger partial charge in [-0.2, -0.15) is 0 Å². The molecule has 19 heavy (non-hydrogen) atoms. The Kier molecular flexibility index (Phi) is 3.74. The van der Waals surface area contributed by atoms with Gasteiger partial charge >= 0.3 is 12.1 Å². The summed E-state index contributed by atoms with van der Waals surface area (Å²) in [5, 5.41) is 12.1. The number of hydrogen-bond acceptors (Lipinski definition) is 3. The van der Waals surface area contributed by atoms with E-state index in [4.69, 9.17) is 9.84 Å². The van der Waals surface area contributed by atoms with Crippen molar-refractivity contribution in [3.05, 3.63) is 0 Å². The second-order valence-corrected chi connectivity index (χ2v) is 6.78. The number of fused-ring (bicyclic) bond motifs is 2. The molecule has 1 amide bonds. The summed E-state index contributed by atoms with van der Waals surface area (Å²) in [5.41, 5.74) is -0.499. The van der Waals surface area contributed by atoms with E-state index in [2.05, 4.69) is 5.32 Å². The number of ether oxygens (including phenoxy) is 1. The highest BCUT2D eigenvalue weighted by molar-refractivity contribution is 5.71. The fourth-order valence-electron chi connectivity index (χ4n) is 3.41. The third-order valence-electron chi connectivity index (χ3n) is 4.13. The Morgan fingerprint density at radius 3 is 2.11 bits per heavy atom. The minimum absolute atomic E-state index is 0.0884. The second-order valence-electron chi connectivity index (χ2n) is 6.78. The number of carboxylic acids is 1. The summed E-state index contributed by atoms with van der Waals surface area (Å²) in [6, 6.07) is 0.0884. The topological polar surface area (TPSA) is 75.6 Å². The zero-order valence-electron chi connectivity index (χ0n) is 11.8. The van der Waals surface area contributed by atoms with Crippen molar-refractivity contribution in [3.8, 4) is 0 Å². The van der Waals surface area contributed by atoms with Crippen molar-refractivity contribution in [2.24, 2.45) is 17.8 Å². The second kappa shape index (κ2) is 5.02. The van der Waals surface area contributed by atoms with Crippen LogP contribution in [0.4, 0.5) is 4.79 Å². The number of carboxylic acid groups (broad SMARTS) is 1. The zero-order chi connectivity index (χ0) is 14.2. The number of alkyl carbamates (subject to hydrolysis) is 1. The van der Waals surface area contributed by atoms with Crippen molar-refractivity contribution in [3.63, 3.8) is 0 Å². The van der Waals surface area contributed by atoms with Gasteiger partial charge in [-0.25, -0.2) is 4.79 Å². The predicted octanol–water partition coefficient (Wildman–Crippen LogP) is 2.40. The Bertz CT molecular complexity index is 360. The molecule has 2 aliphatic rings. The molecule has 2 N–H and O–H groups in total. The minimum Gasteiger partial charge on any atom is -0.481 e. The Labute approximate surface area is 113 Å². The highest BCUT2D eigenvalue weighted by Crippen LogP contribution is 2.45. The summed E-state index contributed by atoms with van der Waals surface area (Å²) in [4.78, 5) is 22.9. The van der Waals surface area contributed by atoms with E-state index in [0.717, 1.165) is 12.8 Å². The number of amides is 1. The van der Waals surface area contributed by atoms with E-state index in [1.807, 2.05) is 20.8 Å². The molecule has 0 aromatic carbocycles. The highest BCUT2D eigenvalue weighted by atomic mass is 16.6. The summed E-state index contributed by atoms with van der Waals surface area (Å²) in [7, 11) is 0. The molecular weight excluding hydrogens is 246 g/mol. The van der Waals surface area contributed by atoms with Crippen molar-refractivity contribution in [2.75, 3.05) is 0 Å². The van der Waals surface area contributed by atoms with E-state index in [-0.39, 0.29) is 29.9 Å². The van der Waals surface area contributed by atoms with Gasteiger partial charge < -0.3 is 15.2 Å². The molecule has 0 heterocycles. The number of carbonyl (C=O) groups is 2. The van der Waals surface area contributed by atoms with Gasteiger partial charge in [0.15, 0.2) is 0 Å². The van der Waals surface area contributed by atoms with Crippen LogP contribution in [0.5, 0.6) is 0 Å². The van der Waals surface area contributed by atoms with Crippen LogP contribution >= 0.6 is 0 Å². The molecule has 4 atom stereocenters. The smallest absolute Gasteiger partial charge is 0.407 e. The maximum absolute atomic E-state index is 11.8. The monoisotopic (exact) mass is 269 g/mol. The first-order valence-electron chi connectivity index (χ1n) is 6.98. The van der Waals surface area contributed by atoms with E-state index in [0.29, 0.717) is 12.8 Å². The maximum Gasteiger partial charge on any atom is 0.407 e. The molecule has 0 aromatic rings. The molecule has 108 valence electrons. The van der Waals surface area contributed by atoms with Crippen LogP contribution in [0, 0.1) is 17.8 Å². The summed E-state index contributed by atoms with van der Waals surface area (Å²) in [6.45, 7) is 5.51. The summed E-state index contributed by atoms with van der Waals surface area (Å²) >= 11 is 0. The summed E-state index contributed by atoms with van der Waals surface area (Å²) in [6.07, 6.45) is 2.98. The molecule has 0 aliphatic heterocycles. The Morgan fingerprint density at radius 2 is 1.68 bits per heavy atom. The zero-order valence-corrected chi connectivity index (χ0v) is 11.8. The van der Waals surface area contributed by atoms with Crippen LogP contribution in [-0.2, 0) is 9.53 Å². The maximum atomic E-state index is 11.8. The first-order chi connectivity index (χ1) is 8.76. The lowest BCUT2D eigenvalue weighted by Gasteiger charge is -2.34. The third-order valence-corrected chi connectivity index (χ3v) is 4.13. The van der Waals surface area contributed by atoms with Crippen molar-refractivity contribution < 1.29 is 19.4 Å². The Morgan fingerprint density at radius 1 is 1.16 bits per heavy atom. The van der Waals surface area contributed by atoms with Gasteiger partial charge in [0.25, 0.3) is 0 Å². The van der Waals surface area contributed by atoms with Crippen LogP contribution in [0.2, 0.25) is 0 Å². The summed E-state index contributed by atoms with van der Waals surface area (Å²) < 4.78 is 5.27. The molecule has 0 spiro atoms. The van der Waals surface area contributed by atoms with Gasteiger partial charge in [0.05, 0.1) is 5.92 Å². The minimum atomic E-state index is -0.701. The lowest BCUT2D eigenvalue weighted by Crippen LogP contribution is -2.47. The van der Waals surface area contributed by atoms with Gasteiger partial charge in [-0.15, -0.1) is 0 Å². The van der Waals surface area contributed by atoms with E-state index < -0.39 is 11.6 Å². The van der Waals surface area contributed by atoms with Crippen LogP contribution in [-0.4, -0.2) is 28.8 Å². The Hall–Kier alpha value is -1.26. The van der Waals surface area contributed by atoms with E-state index in [1.165, 1.54) is 0 Å². The van der Waals surface area contributed by atoms with Gasteiger partial charge in [0, 0.05) is 6.04 Å². The number of aliphatic carboxylic acids is 1. The van der Waals surface area contributed by atoms with Crippen LogP contribution < -0.4 is 5.32 Å². The number of carbonyl (C=O) groups excluding carboxylic acids is 1. The summed E-state index contributed by atoms with van der Waals surface area (Å²) in [5.74, 6) is -0.374. The van der Waals surface area contributed by atoms with Crippen LogP contribution in [0.25, 0.3) is 0 Å². The van der Waals surface area contributed by atoms with Crippen LogP contribution in [0.3, 0.4) is 0 Å². The van der Waals surface area contributed by atoms with E-state index in [9.17, 15) is 9.59 Å². The van der Waals surface area contributed by atoms with Gasteiger partial charge in [0.1, 0.15) is 5.60 Å². The van der Waals surface area contributed by atoms with Gasteiger partial charge in [-0.05, 0) is 58.3 Å². The standard InChI is InChI=1S/C14H23NO4/c1-14(2,3)19-13(18)15-11-8-4-5-9(11)7-10(6-8)12(16)17/h8-11H,4-7H2,1-3H3,(H,15,18)(H,16,17)/t8-,9+,10?,11?. The first kappa shape index (κ1) is 14.2. The lowest BCUT2D eigenvalue weighted by molar-refractivity contribution is -0.143. The normalized spacial score (nSPS) is 33.8. The van der Waals surface area contributed by atoms with Gasteiger partial charge in [-0.3, -0.25) is 4.79 Å². The number of hydrogen-bond donors (Lipinski definition) is 2. The molecule has 0 saturated heterocycles. The molecule has 2 unspecified atom stereocenters. The predicted molar refractivity (Wildman–Crippen MR) is 69.7 cm³/mol. The van der Waals surface area contributed by atoms with Crippen LogP contribution in [0.1, 0.15) is 46.5 Å². The molecule has 2 saturated carbocycles. The first-order valence-corrected chi connectivity index (χ1v) is 6.98. The quantitative estimate of drug-likeness (QED) is 0.807. The molecule has 0 radical (unpaired) electrons. The fraction of sp³-hybridized carbons (Fsp3) is 0.857. The van der Waals surface area contributed by atoms with E-state index >= 15 is 0 Å². The van der Waals surface area contributed by atoms with Crippen molar-refractivity contribution in [1.29, 1.82) is 0 Å². The van der Waals surface area contributed by atoms with Gasteiger partial charge in [0.2, 0.25) is 0 Å². The van der Waals surface area contributed by atoms with Crippen molar-refractivity contribution in [2.45, 2.75) is 58.1 Å². The average molecular weight is 269 g/mol. The fourth-order valence-corrected chi connectivity index (χ4v) is 3.41. The largest absolute Gasteiger partial charge is 0.481 e. The number of nitrogens with one attached hydrogen (secondary N) is 1. The van der Waals surface area contributed by atoms with Crippen molar-refractivity contribution >= 4 is 12.1 Å². The van der Waals surface area contributed by atoms with E-state index in [1.54, 1.807) is 0 Å². The molecule has 2 aliphatic carbocycles. The number of rotatable bonds is 2. The molecule has 2 rings (SSSR count). The molecule has 5 nitrogen and oxygen atoms in total. The molecule has 5 heteroatoms. The molecular formula is C14H23NO4. The van der Waals surface area contributed by atoms with Gasteiger partial charge in [-0.1, -0.05) is 0 Å². The van der Waals surface area contributed by atoms with Crippen molar-refractivity contribution in [1.82, 2.24) is 5.32 Å².